The lowest BCUT2D eigenvalue weighted by Crippen LogP contribution is -2.23. The van der Waals surface area contributed by atoms with Gasteiger partial charge in [-0.15, -0.1) is 5.10 Å². The Kier molecular flexibility index (Phi) is 5.60. The van der Waals surface area contributed by atoms with Crippen LogP contribution < -0.4 is 10.2 Å². The zero-order valence-electron chi connectivity index (χ0n) is 14.3. The molecule has 5 nitrogen and oxygen atoms in total. The predicted molar refractivity (Wildman–Crippen MR) is 105 cm³/mol. The van der Waals surface area contributed by atoms with Crippen molar-refractivity contribution in [1.29, 1.82) is 0 Å². The largest absolute Gasteiger partial charge is 0.351 e. The van der Waals surface area contributed by atoms with E-state index in [0.29, 0.717) is 5.95 Å². The van der Waals surface area contributed by atoms with Crippen LogP contribution in [0.15, 0.2) is 59.2 Å². The van der Waals surface area contributed by atoms with Crippen molar-refractivity contribution in [1.82, 2.24) is 15.2 Å². The Morgan fingerprint density at radius 2 is 1.92 bits per heavy atom. The molecule has 128 valence electrons. The molecule has 0 unspecified atom stereocenters. The molecule has 1 aromatic heterocycles. The topological polar surface area (TPSA) is 53.9 Å². The first-order valence-corrected chi connectivity index (χ1v) is 8.97. The van der Waals surface area contributed by atoms with Gasteiger partial charge >= 0.3 is 0 Å². The molecular formula is C19H20BrN5. The molecule has 0 atom stereocenters. The van der Waals surface area contributed by atoms with E-state index in [1.807, 2.05) is 43.3 Å². The fraction of sp³-hybridized carbons (Fsp3) is 0.211. The van der Waals surface area contributed by atoms with E-state index in [4.69, 9.17) is 0 Å². The van der Waals surface area contributed by atoms with Gasteiger partial charge < -0.3 is 10.2 Å². The van der Waals surface area contributed by atoms with Crippen LogP contribution in [0.3, 0.4) is 0 Å². The lowest BCUT2D eigenvalue weighted by Gasteiger charge is -2.22. The molecule has 25 heavy (non-hydrogen) atoms. The van der Waals surface area contributed by atoms with E-state index < -0.39 is 0 Å². The Morgan fingerprint density at radius 1 is 1.12 bits per heavy atom. The molecule has 0 saturated heterocycles. The molecular weight excluding hydrogens is 378 g/mol. The number of nitrogens with one attached hydrogen (secondary N) is 1. The molecule has 0 aliphatic rings. The minimum atomic E-state index is 0.495. The number of rotatable bonds is 6. The number of hydrogen-bond donors (Lipinski definition) is 1. The van der Waals surface area contributed by atoms with Crippen LogP contribution in [0, 0.1) is 6.92 Å². The molecule has 0 radical (unpaired) electrons. The second-order valence-corrected chi connectivity index (χ2v) is 6.64. The van der Waals surface area contributed by atoms with Gasteiger partial charge in [-0.3, -0.25) is 0 Å². The normalized spacial score (nSPS) is 10.5. The Balaban J connectivity index is 1.80. The van der Waals surface area contributed by atoms with E-state index in [2.05, 4.69) is 60.4 Å². The van der Waals surface area contributed by atoms with Crippen LogP contribution in [0.2, 0.25) is 0 Å². The lowest BCUT2D eigenvalue weighted by molar-refractivity contribution is 0.798. The molecule has 6 heteroatoms. The number of halogens is 1. The maximum Gasteiger partial charge on any atom is 0.249 e. The summed E-state index contributed by atoms with van der Waals surface area (Å²) in [7, 11) is 0. The summed E-state index contributed by atoms with van der Waals surface area (Å²) in [6.07, 6.45) is 1.70. The third-order valence-corrected chi connectivity index (χ3v) is 4.40. The highest BCUT2D eigenvalue weighted by Gasteiger charge is 2.10. The number of nitrogens with zero attached hydrogens (tertiary/aromatic N) is 4. The van der Waals surface area contributed by atoms with Crippen molar-refractivity contribution in [3.63, 3.8) is 0 Å². The van der Waals surface area contributed by atoms with Gasteiger partial charge in [0.25, 0.3) is 0 Å². The highest BCUT2D eigenvalue weighted by Crippen LogP contribution is 2.23. The van der Waals surface area contributed by atoms with Gasteiger partial charge in [-0.05, 0) is 43.2 Å². The van der Waals surface area contributed by atoms with Crippen LogP contribution in [0.4, 0.5) is 17.5 Å². The Morgan fingerprint density at radius 3 is 2.64 bits per heavy atom. The number of benzene rings is 2. The minimum Gasteiger partial charge on any atom is -0.351 e. The summed E-state index contributed by atoms with van der Waals surface area (Å²) in [6, 6.07) is 16.4. The summed E-state index contributed by atoms with van der Waals surface area (Å²) >= 11 is 3.48. The third kappa shape index (κ3) is 4.54. The number of hydrogen-bond acceptors (Lipinski definition) is 5. The number of anilines is 3. The molecule has 1 heterocycles. The quantitative estimate of drug-likeness (QED) is 0.652. The fourth-order valence-electron chi connectivity index (χ4n) is 2.55. The van der Waals surface area contributed by atoms with Crippen molar-refractivity contribution in [2.24, 2.45) is 0 Å². The molecule has 3 rings (SSSR count). The van der Waals surface area contributed by atoms with Gasteiger partial charge in [-0.25, -0.2) is 0 Å². The first-order valence-electron chi connectivity index (χ1n) is 8.17. The summed E-state index contributed by atoms with van der Waals surface area (Å²) in [6.45, 7) is 5.77. The minimum absolute atomic E-state index is 0.495. The van der Waals surface area contributed by atoms with Crippen LogP contribution in [0.1, 0.15) is 18.1 Å². The van der Waals surface area contributed by atoms with Crippen molar-refractivity contribution >= 4 is 33.4 Å². The third-order valence-electron chi connectivity index (χ3n) is 3.90. The Bertz CT molecular complexity index is 838. The molecule has 0 bridgehead atoms. The second-order valence-electron chi connectivity index (χ2n) is 5.72. The van der Waals surface area contributed by atoms with Crippen LogP contribution in [0.25, 0.3) is 0 Å². The van der Waals surface area contributed by atoms with Crippen LogP contribution in [-0.2, 0) is 6.54 Å². The van der Waals surface area contributed by atoms with Gasteiger partial charge in [0, 0.05) is 23.2 Å². The fourth-order valence-corrected chi connectivity index (χ4v) is 3.02. The van der Waals surface area contributed by atoms with Crippen LogP contribution in [-0.4, -0.2) is 21.7 Å². The molecule has 1 N–H and O–H groups in total. The smallest absolute Gasteiger partial charge is 0.249 e. The zero-order valence-corrected chi connectivity index (χ0v) is 15.9. The Labute approximate surface area is 156 Å². The van der Waals surface area contributed by atoms with E-state index in [1.165, 1.54) is 5.56 Å². The molecule has 3 aromatic rings. The standard InChI is InChI=1S/C19H20BrN5/c1-3-25(13-15-7-5-4-6-8-15)18-12-21-24-19(23-18)22-17-10-9-16(20)11-14(17)2/h4-12H,3,13H2,1-2H3,(H,22,23,24). The van der Waals surface area contributed by atoms with Gasteiger partial charge in [0.15, 0.2) is 5.82 Å². The van der Waals surface area contributed by atoms with E-state index in [-0.39, 0.29) is 0 Å². The molecule has 0 aliphatic carbocycles. The predicted octanol–water partition coefficient (Wildman–Crippen LogP) is 4.71. The van der Waals surface area contributed by atoms with E-state index in [9.17, 15) is 0 Å². The highest BCUT2D eigenvalue weighted by atomic mass is 79.9. The zero-order chi connectivity index (χ0) is 17.6. The van der Waals surface area contributed by atoms with E-state index in [1.54, 1.807) is 6.20 Å². The van der Waals surface area contributed by atoms with Gasteiger partial charge in [-0.2, -0.15) is 10.1 Å². The second kappa shape index (κ2) is 8.07. The first-order chi connectivity index (χ1) is 12.2. The summed E-state index contributed by atoms with van der Waals surface area (Å²) in [5.41, 5.74) is 3.31. The Hall–Kier alpha value is -2.47. The number of aryl methyl sites for hydroxylation is 1. The summed E-state index contributed by atoms with van der Waals surface area (Å²) in [5, 5.41) is 11.5. The van der Waals surface area contributed by atoms with E-state index >= 15 is 0 Å². The highest BCUT2D eigenvalue weighted by molar-refractivity contribution is 9.10. The maximum atomic E-state index is 4.63. The molecule has 0 amide bonds. The van der Waals surface area contributed by atoms with Gasteiger partial charge in [0.2, 0.25) is 5.95 Å². The SMILES string of the molecule is CCN(Cc1ccccc1)c1cnnc(Nc2ccc(Br)cc2C)n1. The molecule has 2 aromatic carbocycles. The molecule has 0 saturated carbocycles. The van der Waals surface area contributed by atoms with Crippen LogP contribution in [0.5, 0.6) is 0 Å². The van der Waals surface area contributed by atoms with Crippen LogP contribution >= 0.6 is 15.9 Å². The van der Waals surface area contributed by atoms with Crippen molar-refractivity contribution in [2.75, 3.05) is 16.8 Å². The maximum absolute atomic E-state index is 4.63. The van der Waals surface area contributed by atoms with Gasteiger partial charge in [-0.1, -0.05) is 46.3 Å². The summed E-state index contributed by atoms with van der Waals surface area (Å²) in [5.74, 6) is 1.30. The molecule has 0 fully saturated rings. The van der Waals surface area contributed by atoms with Crippen molar-refractivity contribution in [2.45, 2.75) is 20.4 Å². The van der Waals surface area contributed by atoms with Gasteiger partial charge in [0.1, 0.15) is 0 Å². The first kappa shape index (κ1) is 17.4. The average molecular weight is 398 g/mol. The lowest BCUT2D eigenvalue weighted by atomic mass is 10.2. The summed E-state index contributed by atoms with van der Waals surface area (Å²) < 4.78 is 1.04. The van der Waals surface area contributed by atoms with E-state index in [0.717, 1.165) is 34.6 Å². The molecule has 0 spiro atoms. The van der Waals surface area contributed by atoms with Crippen molar-refractivity contribution < 1.29 is 0 Å². The monoisotopic (exact) mass is 397 g/mol. The van der Waals surface area contributed by atoms with Gasteiger partial charge in [0.05, 0.1) is 6.20 Å². The summed E-state index contributed by atoms with van der Waals surface area (Å²) in [4.78, 5) is 6.80. The van der Waals surface area contributed by atoms with Crippen molar-refractivity contribution in [3.05, 3.63) is 70.3 Å². The average Bonchev–Trinajstić information content (AvgIpc) is 2.63. The number of aromatic nitrogens is 3. The molecule has 0 aliphatic heterocycles. The van der Waals surface area contributed by atoms with Crippen molar-refractivity contribution in [3.8, 4) is 0 Å².